The van der Waals surface area contributed by atoms with Crippen LogP contribution in [0.1, 0.15) is 11.1 Å². The summed E-state index contributed by atoms with van der Waals surface area (Å²) in [6.45, 7) is -0.219. The number of rotatable bonds is 6. The monoisotopic (exact) mass is 524 g/mol. The lowest BCUT2D eigenvalue weighted by atomic mass is 10.2. The Morgan fingerprint density at radius 1 is 1.10 bits per heavy atom. The van der Waals surface area contributed by atoms with Gasteiger partial charge in [-0.25, -0.2) is 4.98 Å². The number of aliphatic imine (C=N–C) groups is 1. The van der Waals surface area contributed by atoms with Gasteiger partial charge in [-0.2, -0.15) is 13.2 Å². The minimum absolute atomic E-state index is 0. The maximum Gasteiger partial charge on any atom is 0.422 e. The van der Waals surface area contributed by atoms with E-state index in [4.69, 9.17) is 9.47 Å². The second-order valence-corrected chi connectivity index (χ2v) is 5.88. The topological polar surface area (TPSA) is 77.0 Å². The number of halogens is 4. The molecule has 2 heterocycles. The summed E-state index contributed by atoms with van der Waals surface area (Å²) in [5, 5.41) is 6.27. The molecule has 11 heteroatoms. The molecule has 0 saturated heterocycles. The third-order valence-electron chi connectivity index (χ3n) is 3.76. The molecular formula is C18H20F3IN4O3. The minimum atomic E-state index is -4.39. The number of nitrogens with one attached hydrogen (secondary N) is 2. The molecule has 0 saturated carbocycles. The summed E-state index contributed by atoms with van der Waals surface area (Å²) >= 11 is 0. The van der Waals surface area contributed by atoms with Crippen LogP contribution in [0.2, 0.25) is 0 Å². The predicted octanol–water partition coefficient (Wildman–Crippen LogP) is 3.23. The van der Waals surface area contributed by atoms with Crippen molar-refractivity contribution >= 4 is 29.9 Å². The van der Waals surface area contributed by atoms with Crippen molar-refractivity contribution in [2.24, 2.45) is 4.99 Å². The molecule has 0 bridgehead atoms. The van der Waals surface area contributed by atoms with Gasteiger partial charge in [-0.1, -0.05) is 12.1 Å². The number of hydrogen-bond donors (Lipinski definition) is 2. The van der Waals surface area contributed by atoms with Crippen molar-refractivity contribution in [3.05, 3.63) is 47.7 Å². The van der Waals surface area contributed by atoms with E-state index in [1.165, 1.54) is 12.3 Å². The number of pyridine rings is 1. The number of benzene rings is 1. The Morgan fingerprint density at radius 2 is 1.79 bits per heavy atom. The maximum atomic E-state index is 12.1. The molecule has 1 aliphatic rings. The smallest absolute Gasteiger partial charge is 0.422 e. The van der Waals surface area contributed by atoms with Crippen molar-refractivity contribution in [2.75, 3.05) is 20.4 Å². The molecule has 0 spiro atoms. The average molecular weight is 524 g/mol. The molecule has 0 amide bonds. The first-order valence-electron chi connectivity index (χ1n) is 8.40. The van der Waals surface area contributed by atoms with Crippen molar-refractivity contribution in [2.45, 2.75) is 19.3 Å². The summed E-state index contributed by atoms with van der Waals surface area (Å²) in [5.74, 6) is 1.92. The summed E-state index contributed by atoms with van der Waals surface area (Å²) < 4.78 is 51.6. The van der Waals surface area contributed by atoms with E-state index in [1.54, 1.807) is 13.1 Å². The highest BCUT2D eigenvalue weighted by atomic mass is 127. The Kier molecular flexibility index (Phi) is 8.17. The van der Waals surface area contributed by atoms with E-state index < -0.39 is 12.8 Å². The average Bonchev–Trinajstić information content (AvgIpc) is 3.14. The van der Waals surface area contributed by atoms with Gasteiger partial charge in [0.15, 0.2) is 24.1 Å². The molecule has 158 valence electrons. The van der Waals surface area contributed by atoms with Gasteiger partial charge in [-0.05, 0) is 23.3 Å². The van der Waals surface area contributed by atoms with Crippen molar-refractivity contribution < 1.29 is 27.4 Å². The van der Waals surface area contributed by atoms with Gasteiger partial charge in [0.2, 0.25) is 12.7 Å². The third-order valence-corrected chi connectivity index (χ3v) is 3.76. The number of hydrogen-bond acceptors (Lipinski definition) is 5. The van der Waals surface area contributed by atoms with Gasteiger partial charge < -0.3 is 24.8 Å². The molecule has 0 atom stereocenters. The Morgan fingerprint density at radius 3 is 2.45 bits per heavy atom. The Labute approximate surface area is 182 Å². The maximum absolute atomic E-state index is 12.1. The van der Waals surface area contributed by atoms with Gasteiger partial charge in [0.25, 0.3) is 0 Å². The molecular weight excluding hydrogens is 504 g/mol. The minimum Gasteiger partial charge on any atom is -0.468 e. The van der Waals surface area contributed by atoms with Gasteiger partial charge in [0, 0.05) is 32.4 Å². The Hall–Kier alpha value is -2.44. The molecule has 0 aliphatic carbocycles. The fraction of sp³-hybridized carbons (Fsp3) is 0.333. The fourth-order valence-electron chi connectivity index (χ4n) is 2.40. The van der Waals surface area contributed by atoms with Gasteiger partial charge in [-0.15, -0.1) is 24.0 Å². The number of guanidine groups is 1. The van der Waals surface area contributed by atoms with Crippen molar-refractivity contribution in [3.63, 3.8) is 0 Å². The number of fused-ring (bicyclic) bond motifs is 1. The summed E-state index contributed by atoms with van der Waals surface area (Å²) in [4.78, 5) is 8.00. The standard InChI is InChI=1S/C18H19F3N4O3.HI/c1-22-17(24-7-12-2-4-14-15(6-12)28-11-27-14)25-9-13-3-5-16(23-8-13)26-10-18(19,20)21;/h2-6,8H,7,9-11H2,1H3,(H2,22,24,25);1H. The molecule has 2 N–H and O–H groups in total. The first kappa shape index (κ1) is 22.8. The first-order valence-corrected chi connectivity index (χ1v) is 8.40. The summed E-state index contributed by atoms with van der Waals surface area (Å²) in [7, 11) is 1.64. The van der Waals surface area contributed by atoms with Gasteiger partial charge in [0.1, 0.15) is 0 Å². The van der Waals surface area contributed by atoms with Gasteiger partial charge >= 0.3 is 6.18 Å². The summed E-state index contributed by atoms with van der Waals surface area (Å²) in [5.41, 5.74) is 1.77. The SMILES string of the molecule is CN=C(NCc1ccc(OCC(F)(F)F)nc1)NCc1ccc2c(c1)OCO2.I. The second kappa shape index (κ2) is 10.4. The molecule has 1 aliphatic heterocycles. The highest BCUT2D eigenvalue weighted by Crippen LogP contribution is 2.32. The van der Waals surface area contributed by atoms with Crippen LogP contribution in [0.4, 0.5) is 13.2 Å². The predicted molar refractivity (Wildman–Crippen MR) is 111 cm³/mol. The molecule has 2 aromatic rings. The first-order chi connectivity index (χ1) is 13.4. The molecule has 0 radical (unpaired) electrons. The Bertz CT molecular complexity index is 832. The Balaban J connectivity index is 0.00000300. The number of aromatic nitrogens is 1. The van der Waals surface area contributed by atoms with Gasteiger partial charge in [-0.3, -0.25) is 4.99 Å². The highest BCUT2D eigenvalue weighted by molar-refractivity contribution is 14.0. The van der Waals surface area contributed by atoms with E-state index in [1.807, 2.05) is 18.2 Å². The van der Waals surface area contributed by atoms with Crippen LogP contribution in [-0.2, 0) is 13.1 Å². The van der Waals surface area contributed by atoms with Crippen LogP contribution < -0.4 is 24.8 Å². The lowest BCUT2D eigenvalue weighted by Crippen LogP contribution is -2.36. The molecule has 29 heavy (non-hydrogen) atoms. The quantitative estimate of drug-likeness (QED) is 0.344. The van der Waals surface area contributed by atoms with Crippen LogP contribution in [0.3, 0.4) is 0 Å². The zero-order valence-electron chi connectivity index (χ0n) is 15.5. The van der Waals surface area contributed by atoms with E-state index in [0.717, 1.165) is 16.9 Å². The zero-order chi connectivity index (χ0) is 20.0. The van der Waals surface area contributed by atoms with Crippen LogP contribution >= 0.6 is 24.0 Å². The molecule has 1 aromatic carbocycles. The largest absolute Gasteiger partial charge is 0.468 e. The second-order valence-electron chi connectivity index (χ2n) is 5.88. The third kappa shape index (κ3) is 7.15. The normalized spacial score (nSPS) is 12.9. The lowest BCUT2D eigenvalue weighted by Gasteiger charge is -2.13. The van der Waals surface area contributed by atoms with Crippen molar-refractivity contribution in [1.82, 2.24) is 15.6 Å². The van der Waals surface area contributed by atoms with Crippen LogP contribution in [0.5, 0.6) is 17.4 Å². The molecule has 0 unspecified atom stereocenters. The van der Waals surface area contributed by atoms with E-state index >= 15 is 0 Å². The van der Waals surface area contributed by atoms with E-state index in [9.17, 15) is 13.2 Å². The molecule has 3 rings (SSSR count). The fourth-order valence-corrected chi connectivity index (χ4v) is 2.40. The van der Waals surface area contributed by atoms with Crippen LogP contribution in [-0.4, -0.2) is 37.6 Å². The van der Waals surface area contributed by atoms with Crippen LogP contribution in [0.25, 0.3) is 0 Å². The van der Waals surface area contributed by atoms with Crippen molar-refractivity contribution in [3.8, 4) is 17.4 Å². The van der Waals surface area contributed by atoms with Gasteiger partial charge in [0.05, 0.1) is 0 Å². The lowest BCUT2D eigenvalue weighted by molar-refractivity contribution is -0.154. The summed E-state index contributed by atoms with van der Waals surface area (Å²) in [6, 6.07) is 8.70. The van der Waals surface area contributed by atoms with E-state index in [-0.39, 0.29) is 36.6 Å². The zero-order valence-corrected chi connectivity index (χ0v) is 17.8. The summed E-state index contributed by atoms with van der Waals surface area (Å²) in [6.07, 6.45) is -2.94. The molecule has 7 nitrogen and oxygen atoms in total. The van der Waals surface area contributed by atoms with Crippen LogP contribution in [0.15, 0.2) is 41.5 Å². The van der Waals surface area contributed by atoms with E-state index in [0.29, 0.717) is 24.8 Å². The van der Waals surface area contributed by atoms with E-state index in [2.05, 4.69) is 25.3 Å². The number of ether oxygens (including phenoxy) is 3. The molecule has 1 aromatic heterocycles. The van der Waals surface area contributed by atoms with Crippen molar-refractivity contribution in [1.29, 1.82) is 0 Å². The highest BCUT2D eigenvalue weighted by Gasteiger charge is 2.28. The van der Waals surface area contributed by atoms with Crippen LogP contribution in [0, 0.1) is 0 Å². The molecule has 0 fully saturated rings. The number of nitrogens with zero attached hydrogens (tertiary/aromatic N) is 2. The number of alkyl halides is 3.